The average Bonchev–Trinajstić information content (AvgIpc) is 2.57. The molecular formula is C16H11Cl2N3O3. The first-order chi connectivity index (χ1) is 11.5. The Morgan fingerprint density at radius 1 is 1.17 bits per heavy atom. The van der Waals surface area contributed by atoms with Crippen LogP contribution in [0.4, 0.5) is 0 Å². The zero-order chi connectivity index (χ0) is 17.3. The molecule has 3 aromatic rings. The fourth-order valence-electron chi connectivity index (χ4n) is 2.13. The Kier molecular flexibility index (Phi) is 4.51. The molecule has 0 unspecified atom stereocenters. The topological polar surface area (TPSA) is 84.9 Å². The third kappa shape index (κ3) is 3.25. The average molecular weight is 364 g/mol. The SMILES string of the molecule is C[C@H](OC(=O)c1nc(Cl)ccc1Cl)c1nc2ccccc2c(=O)[nH]1. The van der Waals surface area contributed by atoms with Gasteiger partial charge in [0.25, 0.3) is 5.56 Å². The van der Waals surface area contributed by atoms with Crippen LogP contribution in [0.3, 0.4) is 0 Å². The lowest BCUT2D eigenvalue weighted by molar-refractivity contribution is 0.0313. The summed E-state index contributed by atoms with van der Waals surface area (Å²) in [7, 11) is 0. The number of hydrogen-bond acceptors (Lipinski definition) is 5. The molecule has 24 heavy (non-hydrogen) atoms. The second kappa shape index (κ2) is 6.59. The van der Waals surface area contributed by atoms with E-state index in [4.69, 9.17) is 27.9 Å². The van der Waals surface area contributed by atoms with Gasteiger partial charge in [-0.05, 0) is 31.2 Å². The monoisotopic (exact) mass is 363 g/mol. The highest BCUT2D eigenvalue weighted by Gasteiger charge is 2.20. The molecule has 2 heterocycles. The van der Waals surface area contributed by atoms with Crippen molar-refractivity contribution in [1.82, 2.24) is 15.0 Å². The van der Waals surface area contributed by atoms with E-state index in [0.29, 0.717) is 10.9 Å². The van der Waals surface area contributed by atoms with Crippen LogP contribution >= 0.6 is 23.2 Å². The number of rotatable bonds is 3. The second-order valence-electron chi connectivity index (χ2n) is 4.98. The van der Waals surface area contributed by atoms with E-state index in [1.165, 1.54) is 12.1 Å². The number of hydrogen-bond donors (Lipinski definition) is 1. The van der Waals surface area contributed by atoms with Crippen LogP contribution in [-0.4, -0.2) is 20.9 Å². The summed E-state index contributed by atoms with van der Waals surface area (Å²) in [5, 5.41) is 0.701. The Hall–Kier alpha value is -2.44. The fourth-order valence-corrected chi connectivity index (χ4v) is 2.46. The molecule has 0 aliphatic heterocycles. The lowest BCUT2D eigenvalue weighted by Crippen LogP contribution is -2.18. The maximum Gasteiger partial charge on any atom is 0.359 e. The number of ether oxygens (including phenoxy) is 1. The molecule has 0 spiro atoms. The van der Waals surface area contributed by atoms with Gasteiger partial charge in [0.05, 0.1) is 15.9 Å². The first-order valence-electron chi connectivity index (χ1n) is 6.97. The highest BCUT2D eigenvalue weighted by molar-refractivity contribution is 6.34. The molecule has 1 N–H and O–H groups in total. The smallest absolute Gasteiger partial charge is 0.359 e. The summed E-state index contributed by atoms with van der Waals surface area (Å²) in [5.41, 5.74) is 0.106. The van der Waals surface area contributed by atoms with Crippen LogP contribution in [0.5, 0.6) is 0 Å². The van der Waals surface area contributed by atoms with Gasteiger partial charge in [0.1, 0.15) is 5.15 Å². The molecular weight excluding hydrogens is 353 g/mol. The van der Waals surface area contributed by atoms with Gasteiger partial charge in [0, 0.05) is 0 Å². The normalized spacial score (nSPS) is 12.1. The number of halogens is 2. The van der Waals surface area contributed by atoms with E-state index in [2.05, 4.69) is 15.0 Å². The molecule has 0 saturated carbocycles. The van der Waals surface area contributed by atoms with Crippen molar-refractivity contribution in [1.29, 1.82) is 0 Å². The number of benzene rings is 1. The summed E-state index contributed by atoms with van der Waals surface area (Å²) in [6.45, 7) is 1.59. The van der Waals surface area contributed by atoms with Gasteiger partial charge in [0.2, 0.25) is 0 Å². The molecule has 0 radical (unpaired) electrons. The summed E-state index contributed by atoms with van der Waals surface area (Å²) in [4.78, 5) is 35.0. The highest BCUT2D eigenvalue weighted by atomic mass is 35.5. The molecule has 8 heteroatoms. The molecule has 3 rings (SSSR count). The molecule has 122 valence electrons. The third-order valence-corrected chi connectivity index (χ3v) is 3.82. The van der Waals surface area contributed by atoms with Crippen molar-refractivity contribution in [2.75, 3.05) is 0 Å². The Bertz CT molecular complexity index is 988. The fraction of sp³-hybridized carbons (Fsp3) is 0.125. The zero-order valence-corrected chi connectivity index (χ0v) is 13.9. The van der Waals surface area contributed by atoms with Crippen LogP contribution in [0.1, 0.15) is 29.3 Å². The van der Waals surface area contributed by atoms with E-state index in [0.717, 1.165) is 0 Å². The molecule has 1 atom stereocenters. The predicted molar refractivity (Wildman–Crippen MR) is 90.5 cm³/mol. The molecule has 2 aromatic heterocycles. The van der Waals surface area contributed by atoms with Crippen LogP contribution in [0.25, 0.3) is 10.9 Å². The first-order valence-corrected chi connectivity index (χ1v) is 7.73. The minimum atomic E-state index is -0.799. The number of nitrogens with one attached hydrogen (secondary N) is 1. The quantitative estimate of drug-likeness (QED) is 0.568. The van der Waals surface area contributed by atoms with E-state index >= 15 is 0 Å². The summed E-state index contributed by atoms with van der Waals surface area (Å²) in [6.07, 6.45) is -0.799. The number of H-pyrrole nitrogens is 1. The van der Waals surface area contributed by atoms with E-state index in [-0.39, 0.29) is 27.3 Å². The molecule has 0 bridgehead atoms. The van der Waals surface area contributed by atoms with Crippen molar-refractivity contribution in [3.05, 3.63) is 68.4 Å². The van der Waals surface area contributed by atoms with Crippen molar-refractivity contribution >= 4 is 40.1 Å². The van der Waals surface area contributed by atoms with Gasteiger partial charge < -0.3 is 9.72 Å². The number of fused-ring (bicyclic) bond motifs is 1. The van der Waals surface area contributed by atoms with Gasteiger partial charge in [-0.2, -0.15) is 0 Å². The van der Waals surface area contributed by atoms with Crippen molar-refractivity contribution in [3.8, 4) is 0 Å². The van der Waals surface area contributed by atoms with Crippen LogP contribution in [0, 0.1) is 0 Å². The molecule has 0 aliphatic carbocycles. The van der Waals surface area contributed by atoms with Gasteiger partial charge >= 0.3 is 5.97 Å². The minimum Gasteiger partial charge on any atom is -0.450 e. The molecule has 0 aliphatic rings. The number of esters is 1. The summed E-state index contributed by atoms with van der Waals surface area (Å²) < 4.78 is 5.29. The number of pyridine rings is 1. The Morgan fingerprint density at radius 3 is 2.71 bits per heavy atom. The molecule has 0 fully saturated rings. The van der Waals surface area contributed by atoms with Gasteiger partial charge in [-0.3, -0.25) is 4.79 Å². The maximum atomic E-state index is 12.2. The summed E-state index contributed by atoms with van der Waals surface area (Å²) in [5.74, 6) is -0.531. The molecule has 0 saturated heterocycles. The predicted octanol–water partition coefficient (Wildman–Crippen LogP) is 3.54. The molecule has 1 aromatic carbocycles. The van der Waals surface area contributed by atoms with Crippen LogP contribution in [0.15, 0.2) is 41.2 Å². The van der Waals surface area contributed by atoms with Crippen LogP contribution in [-0.2, 0) is 4.74 Å². The standard InChI is InChI=1S/C16H11Cl2N3O3/c1-8(24-16(23)13-10(17)6-7-12(18)20-13)14-19-11-5-3-2-4-9(11)15(22)21-14/h2-8H,1H3,(H,19,21,22)/t8-/m0/s1. The van der Waals surface area contributed by atoms with Crippen LogP contribution in [0.2, 0.25) is 10.2 Å². The third-order valence-electron chi connectivity index (χ3n) is 3.31. The van der Waals surface area contributed by atoms with Gasteiger partial charge in [-0.1, -0.05) is 35.3 Å². The second-order valence-corrected chi connectivity index (χ2v) is 5.77. The summed E-state index contributed by atoms with van der Waals surface area (Å²) in [6, 6.07) is 9.80. The highest BCUT2D eigenvalue weighted by Crippen LogP contribution is 2.21. The molecule has 0 amide bonds. The maximum absolute atomic E-state index is 12.2. The lowest BCUT2D eigenvalue weighted by atomic mass is 10.2. The van der Waals surface area contributed by atoms with E-state index in [1.807, 2.05) is 0 Å². The van der Waals surface area contributed by atoms with Crippen molar-refractivity contribution < 1.29 is 9.53 Å². The number of carbonyl (C=O) groups is 1. The number of para-hydroxylation sites is 1. The van der Waals surface area contributed by atoms with Crippen LogP contribution < -0.4 is 5.56 Å². The van der Waals surface area contributed by atoms with Crippen molar-refractivity contribution in [2.24, 2.45) is 0 Å². The van der Waals surface area contributed by atoms with Crippen molar-refractivity contribution in [3.63, 3.8) is 0 Å². The summed E-state index contributed by atoms with van der Waals surface area (Å²) >= 11 is 11.7. The largest absolute Gasteiger partial charge is 0.450 e. The van der Waals surface area contributed by atoms with Gasteiger partial charge in [-0.15, -0.1) is 0 Å². The number of nitrogens with zero attached hydrogens (tertiary/aromatic N) is 2. The molecule has 6 nitrogen and oxygen atoms in total. The number of carbonyl (C=O) groups excluding carboxylic acids is 1. The number of aromatic nitrogens is 3. The minimum absolute atomic E-state index is 0.0980. The Labute approximate surface area is 146 Å². The van der Waals surface area contributed by atoms with Gasteiger partial charge in [-0.25, -0.2) is 14.8 Å². The zero-order valence-electron chi connectivity index (χ0n) is 12.4. The van der Waals surface area contributed by atoms with E-state index < -0.39 is 12.1 Å². The first kappa shape index (κ1) is 16.4. The van der Waals surface area contributed by atoms with E-state index in [9.17, 15) is 9.59 Å². The number of aromatic amines is 1. The Balaban J connectivity index is 1.89. The lowest BCUT2D eigenvalue weighted by Gasteiger charge is -2.13. The Morgan fingerprint density at radius 2 is 1.92 bits per heavy atom. The van der Waals surface area contributed by atoms with Crippen molar-refractivity contribution in [2.45, 2.75) is 13.0 Å². The van der Waals surface area contributed by atoms with E-state index in [1.54, 1.807) is 31.2 Å². The van der Waals surface area contributed by atoms with Gasteiger partial charge in [0.15, 0.2) is 17.6 Å².